The quantitative estimate of drug-likeness (QED) is 0.876. The molecule has 1 aromatic carbocycles. The molecule has 1 aliphatic heterocycles. The largest absolute Gasteiger partial charge is 0.374 e. The first-order valence-corrected chi connectivity index (χ1v) is 9.24. The fourth-order valence-electron chi connectivity index (χ4n) is 3.34. The first-order chi connectivity index (χ1) is 11.8. The molecule has 5 heteroatoms. The summed E-state index contributed by atoms with van der Waals surface area (Å²) < 4.78 is 5.40. The third-order valence-electron chi connectivity index (χ3n) is 4.99. The van der Waals surface area contributed by atoms with Crippen molar-refractivity contribution >= 4 is 11.4 Å². The molecular formula is C19H26N4O. The Morgan fingerprint density at radius 1 is 1.08 bits per heavy atom. The molecule has 128 valence electrons. The minimum Gasteiger partial charge on any atom is -0.374 e. The van der Waals surface area contributed by atoms with E-state index in [2.05, 4.69) is 51.5 Å². The van der Waals surface area contributed by atoms with Crippen LogP contribution in [0.2, 0.25) is 0 Å². The van der Waals surface area contributed by atoms with Crippen molar-refractivity contribution < 1.29 is 4.52 Å². The van der Waals surface area contributed by atoms with Crippen molar-refractivity contribution in [1.29, 1.82) is 0 Å². The summed E-state index contributed by atoms with van der Waals surface area (Å²) in [6.45, 7) is 4.41. The molecule has 2 heterocycles. The van der Waals surface area contributed by atoms with Crippen molar-refractivity contribution in [2.24, 2.45) is 0 Å². The Labute approximate surface area is 143 Å². The summed E-state index contributed by atoms with van der Waals surface area (Å²) in [6.07, 6.45) is 7.72. The number of anilines is 2. The lowest BCUT2D eigenvalue weighted by Crippen LogP contribution is -2.23. The second-order valence-corrected chi connectivity index (χ2v) is 7.08. The molecule has 1 atom stereocenters. The zero-order valence-electron chi connectivity index (χ0n) is 14.4. The molecule has 1 N–H and O–H groups in total. The molecule has 0 radical (unpaired) electrons. The highest BCUT2D eigenvalue weighted by Gasteiger charge is 2.29. The number of nitrogens with zero attached hydrogens (tertiary/aromatic N) is 3. The van der Waals surface area contributed by atoms with Crippen LogP contribution in [0.15, 0.2) is 28.8 Å². The van der Waals surface area contributed by atoms with Crippen LogP contribution in [0, 0.1) is 0 Å². The van der Waals surface area contributed by atoms with E-state index in [1.54, 1.807) is 0 Å². The van der Waals surface area contributed by atoms with Crippen LogP contribution in [0.4, 0.5) is 11.4 Å². The van der Waals surface area contributed by atoms with Gasteiger partial charge in [-0.25, -0.2) is 0 Å². The van der Waals surface area contributed by atoms with Gasteiger partial charge in [0.15, 0.2) is 5.82 Å². The van der Waals surface area contributed by atoms with Gasteiger partial charge in [-0.2, -0.15) is 4.98 Å². The first-order valence-electron chi connectivity index (χ1n) is 9.24. The maximum absolute atomic E-state index is 5.40. The molecule has 1 aromatic heterocycles. The summed E-state index contributed by atoms with van der Waals surface area (Å²) in [5, 5.41) is 7.55. The lowest BCUT2D eigenvalue weighted by atomic mass is 10.2. The van der Waals surface area contributed by atoms with Gasteiger partial charge in [-0.1, -0.05) is 18.0 Å². The number of nitrogens with one attached hydrogen (secondary N) is 1. The van der Waals surface area contributed by atoms with Crippen LogP contribution in [0.5, 0.6) is 0 Å². The molecular weight excluding hydrogens is 300 g/mol. The minimum absolute atomic E-state index is 0.0223. The van der Waals surface area contributed by atoms with Crippen LogP contribution in [-0.2, 0) is 0 Å². The van der Waals surface area contributed by atoms with Crippen LogP contribution >= 0.6 is 0 Å². The van der Waals surface area contributed by atoms with E-state index in [-0.39, 0.29) is 6.04 Å². The molecule has 24 heavy (non-hydrogen) atoms. The normalized spacial score (nSPS) is 19.8. The lowest BCUT2D eigenvalue weighted by molar-refractivity contribution is 0.363. The molecule has 2 fully saturated rings. The predicted molar refractivity (Wildman–Crippen MR) is 95.4 cm³/mol. The van der Waals surface area contributed by atoms with Gasteiger partial charge in [-0.05, 0) is 56.9 Å². The van der Waals surface area contributed by atoms with Gasteiger partial charge >= 0.3 is 0 Å². The van der Waals surface area contributed by atoms with Crippen molar-refractivity contribution in [3.8, 4) is 0 Å². The van der Waals surface area contributed by atoms with E-state index >= 15 is 0 Å². The Balaban J connectivity index is 1.38. The zero-order chi connectivity index (χ0) is 16.4. The Bertz CT molecular complexity index is 654. The van der Waals surface area contributed by atoms with Gasteiger partial charge in [0.2, 0.25) is 5.89 Å². The topological polar surface area (TPSA) is 54.2 Å². The standard InChI is InChI=1S/C19H26N4O/c1-14(19-21-18(22-24-19)15-6-7-15)20-16-8-10-17(11-9-16)23-12-4-2-3-5-13-23/h8-11,14-15,20H,2-7,12-13H2,1H3/t14-/m1/s1. The van der Waals surface area contributed by atoms with Gasteiger partial charge in [-0.15, -0.1) is 0 Å². The van der Waals surface area contributed by atoms with E-state index in [0.717, 1.165) is 11.5 Å². The Hall–Kier alpha value is -2.04. The lowest BCUT2D eigenvalue weighted by Gasteiger charge is -2.23. The fourth-order valence-corrected chi connectivity index (χ4v) is 3.34. The van der Waals surface area contributed by atoms with Crippen LogP contribution in [0.1, 0.15) is 69.1 Å². The van der Waals surface area contributed by atoms with Gasteiger partial charge in [-0.3, -0.25) is 0 Å². The highest BCUT2D eigenvalue weighted by atomic mass is 16.5. The molecule has 2 aliphatic rings. The molecule has 0 bridgehead atoms. The van der Waals surface area contributed by atoms with Crippen LogP contribution in [0.25, 0.3) is 0 Å². The number of hydrogen-bond donors (Lipinski definition) is 1. The molecule has 0 spiro atoms. The molecule has 1 saturated carbocycles. The highest BCUT2D eigenvalue weighted by Crippen LogP contribution is 2.38. The van der Waals surface area contributed by atoms with Crippen molar-refractivity contribution in [2.45, 2.75) is 57.4 Å². The van der Waals surface area contributed by atoms with Crippen molar-refractivity contribution in [3.05, 3.63) is 36.0 Å². The van der Waals surface area contributed by atoms with Crippen molar-refractivity contribution in [2.75, 3.05) is 23.3 Å². The van der Waals surface area contributed by atoms with E-state index in [1.165, 1.54) is 57.3 Å². The van der Waals surface area contributed by atoms with Gasteiger partial charge in [0, 0.05) is 30.4 Å². The van der Waals surface area contributed by atoms with Crippen LogP contribution in [-0.4, -0.2) is 23.2 Å². The van der Waals surface area contributed by atoms with Crippen molar-refractivity contribution in [3.63, 3.8) is 0 Å². The maximum Gasteiger partial charge on any atom is 0.248 e. The predicted octanol–water partition coefficient (Wildman–Crippen LogP) is 4.50. The zero-order valence-corrected chi connectivity index (χ0v) is 14.4. The summed E-state index contributed by atoms with van der Waals surface area (Å²) in [7, 11) is 0. The molecule has 5 nitrogen and oxygen atoms in total. The average Bonchev–Trinajstić information content (AvgIpc) is 3.39. The van der Waals surface area contributed by atoms with Crippen LogP contribution in [0.3, 0.4) is 0 Å². The first kappa shape index (κ1) is 15.5. The Morgan fingerprint density at radius 2 is 1.79 bits per heavy atom. The van der Waals surface area contributed by atoms with E-state index in [0.29, 0.717) is 11.8 Å². The molecule has 2 aromatic rings. The monoisotopic (exact) mass is 326 g/mol. The molecule has 0 unspecified atom stereocenters. The Kier molecular flexibility index (Phi) is 4.41. The summed E-state index contributed by atoms with van der Waals surface area (Å²) in [6, 6.07) is 8.74. The molecule has 1 aliphatic carbocycles. The van der Waals surface area contributed by atoms with E-state index in [9.17, 15) is 0 Å². The second-order valence-electron chi connectivity index (χ2n) is 7.08. The van der Waals surface area contributed by atoms with E-state index < -0.39 is 0 Å². The second kappa shape index (κ2) is 6.83. The smallest absolute Gasteiger partial charge is 0.248 e. The van der Waals surface area contributed by atoms with E-state index in [1.807, 2.05) is 0 Å². The Morgan fingerprint density at radius 3 is 2.46 bits per heavy atom. The molecule has 0 amide bonds. The summed E-state index contributed by atoms with van der Waals surface area (Å²) >= 11 is 0. The third-order valence-corrected chi connectivity index (χ3v) is 4.99. The summed E-state index contributed by atoms with van der Waals surface area (Å²) in [5.74, 6) is 2.08. The number of hydrogen-bond acceptors (Lipinski definition) is 5. The minimum atomic E-state index is 0.0223. The highest BCUT2D eigenvalue weighted by molar-refractivity contribution is 5.55. The average molecular weight is 326 g/mol. The SMILES string of the molecule is C[C@@H](Nc1ccc(N2CCCCCC2)cc1)c1nc(C2CC2)no1. The fraction of sp³-hybridized carbons (Fsp3) is 0.579. The van der Waals surface area contributed by atoms with Gasteiger partial charge in [0.05, 0.1) is 0 Å². The van der Waals surface area contributed by atoms with Gasteiger partial charge in [0.25, 0.3) is 0 Å². The third kappa shape index (κ3) is 3.55. The van der Waals surface area contributed by atoms with Crippen LogP contribution < -0.4 is 10.2 Å². The van der Waals surface area contributed by atoms with E-state index in [4.69, 9.17) is 4.52 Å². The number of benzene rings is 1. The number of rotatable bonds is 5. The summed E-state index contributed by atoms with van der Waals surface area (Å²) in [4.78, 5) is 7.02. The molecule has 4 rings (SSSR count). The van der Waals surface area contributed by atoms with Gasteiger partial charge in [0.1, 0.15) is 6.04 Å². The van der Waals surface area contributed by atoms with Gasteiger partial charge < -0.3 is 14.7 Å². The summed E-state index contributed by atoms with van der Waals surface area (Å²) in [5.41, 5.74) is 2.41. The van der Waals surface area contributed by atoms with Crippen molar-refractivity contribution in [1.82, 2.24) is 10.1 Å². The maximum atomic E-state index is 5.40. The molecule has 1 saturated heterocycles. The number of aromatic nitrogens is 2.